The van der Waals surface area contributed by atoms with Crippen LogP contribution >= 0.6 is 0 Å². The van der Waals surface area contributed by atoms with E-state index in [2.05, 4.69) is 15.5 Å². The van der Waals surface area contributed by atoms with Crippen LogP contribution in [0.15, 0.2) is 23.5 Å². The lowest BCUT2D eigenvalue weighted by atomic mass is 10.2. The van der Waals surface area contributed by atoms with Gasteiger partial charge in [0.2, 0.25) is 5.88 Å². The fraction of sp³-hybridized carbons (Fsp3) is 0.364. The zero-order valence-corrected chi connectivity index (χ0v) is 10.1. The molecule has 0 aliphatic rings. The minimum absolute atomic E-state index is 0.142. The van der Waals surface area contributed by atoms with E-state index in [0.717, 1.165) is 0 Å². The second kappa shape index (κ2) is 7.10. The highest BCUT2D eigenvalue weighted by molar-refractivity contribution is 5.96. The van der Waals surface area contributed by atoms with Crippen LogP contribution in [0.2, 0.25) is 0 Å². The number of nitrogens with zero attached hydrogens (tertiary/aromatic N) is 2. The van der Waals surface area contributed by atoms with Crippen molar-refractivity contribution < 1.29 is 14.7 Å². The maximum atomic E-state index is 11.8. The summed E-state index contributed by atoms with van der Waals surface area (Å²) < 4.78 is 4.98. The van der Waals surface area contributed by atoms with Crippen LogP contribution in [-0.4, -0.2) is 35.6 Å². The number of oxime groups is 1. The van der Waals surface area contributed by atoms with Crippen LogP contribution in [0.1, 0.15) is 23.2 Å². The molecule has 0 radical (unpaired) electrons. The van der Waals surface area contributed by atoms with Crippen molar-refractivity contribution in [3.05, 3.63) is 23.9 Å². The Morgan fingerprint density at radius 1 is 1.67 bits per heavy atom. The first-order chi connectivity index (χ1) is 8.69. The molecule has 0 aliphatic carbocycles. The molecule has 0 aliphatic heterocycles. The molecule has 1 amide bonds. The van der Waals surface area contributed by atoms with Crippen molar-refractivity contribution in [2.45, 2.75) is 12.8 Å². The van der Waals surface area contributed by atoms with Crippen molar-refractivity contribution in [2.75, 3.05) is 13.7 Å². The number of carbonyl (C=O) groups excluding carboxylic acids is 1. The molecule has 0 fully saturated rings. The fourth-order valence-corrected chi connectivity index (χ4v) is 1.34. The standard InChI is InChI=1S/C11H16N4O3/c1-18-11-8(4-2-7-14-11)10(16)13-6-3-5-9(12)15-17/h2,4,7,17H,3,5-6H2,1H3,(H2,12,15)(H,13,16). The molecule has 0 unspecified atom stereocenters. The summed E-state index contributed by atoms with van der Waals surface area (Å²) in [5, 5.41) is 13.9. The maximum absolute atomic E-state index is 11.8. The van der Waals surface area contributed by atoms with Crippen LogP contribution in [0.25, 0.3) is 0 Å². The molecule has 0 spiro atoms. The Balaban J connectivity index is 2.46. The predicted molar refractivity (Wildman–Crippen MR) is 65.8 cm³/mol. The molecule has 98 valence electrons. The predicted octanol–water partition coefficient (Wildman–Crippen LogP) is 0.347. The first kappa shape index (κ1) is 13.8. The van der Waals surface area contributed by atoms with Gasteiger partial charge in [0.25, 0.3) is 5.91 Å². The summed E-state index contributed by atoms with van der Waals surface area (Å²) >= 11 is 0. The third-order valence-electron chi connectivity index (χ3n) is 2.23. The molecule has 0 saturated carbocycles. The lowest BCUT2D eigenvalue weighted by Crippen LogP contribution is -2.26. The molecule has 1 aromatic rings. The number of aromatic nitrogens is 1. The fourth-order valence-electron chi connectivity index (χ4n) is 1.34. The average molecular weight is 252 g/mol. The SMILES string of the molecule is COc1ncccc1C(=O)NCCCC(N)=NO. The van der Waals surface area contributed by atoms with E-state index in [0.29, 0.717) is 24.9 Å². The highest BCUT2D eigenvalue weighted by atomic mass is 16.5. The van der Waals surface area contributed by atoms with Gasteiger partial charge < -0.3 is 21.0 Å². The topological polar surface area (TPSA) is 110 Å². The molecule has 0 bridgehead atoms. The van der Waals surface area contributed by atoms with E-state index >= 15 is 0 Å². The van der Waals surface area contributed by atoms with Crippen molar-refractivity contribution in [1.82, 2.24) is 10.3 Å². The van der Waals surface area contributed by atoms with Crippen LogP contribution in [0.3, 0.4) is 0 Å². The van der Waals surface area contributed by atoms with Gasteiger partial charge in [0.15, 0.2) is 0 Å². The minimum atomic E-state index is -0.264. The van der Waals surface area contributed by atoms with Crippen LogP contribution in [0.4, 0.5) is 0 Å². The molecule has 7 heteroatoms. The van der Waals surface area contributed by atoms with Crippen molar-refractivity contribution in [3.63, 3.8) is 0 Å². The van der Waals surface area contributed by atoms with Gasteiger partial charge in [0.05, 0.1) is 7.11 Å². The average Bonchev–Trinajstić information content (AvgIpc) is 2.42. The van der Waals surface area contributed by atoms with E-state index in [-0.39, 0.29) is 17.6 Å². The molecule has 0 atom stereocenters. The Morgan fingerprint density at radius 2 is 2.44 bits per heavy atom. The van der Waals surface area contributed by atoms with Gasteiger partial charge in [-0.25, -0.2) is 4.98 Å². The minimum Gasteiger partial charge on any atom is -0.480 e. The largest absolute Gasteiger partial charge is 0.480 e. The van der Waals surface area contributed by atoms with E-state index in [9.17, 15) is 4.79 Å². The van der Waals surface area contributed by atoms with Crippen LogP contribution in [0.5, 0.6) is 5.88 Å². The summed E-state index contributed by atoms with van der Waals surface area (Å²) in [7, 11) is 1.46. The number of amidine groups is 1. The Bertz CT molecular complexity index is 434. The zero-order chi connectivity index (χ0) is 13.4. The van der Waals surface area contributed by atoms with Crippen LogP contribution in [-0.2, 0) is 0 Å². The normalized spacial score (nSPS) is 11.1. The molecule has 7 nitrogen and oxygen atoms in total. The second-order valence-corrected chi connectivity index (χ2v) is 3.51. The lowest BCUT2D eigenvalue weighted by molar-refractivity contribution is 0.0949. The molecular formula is C11H16N4O3. The summed E-state index contributed by atoms with van der Waals surface area (Å²) in [5.74, 6) is 0.161. The lowest BCUT2D eigenvalue weighted by Gasteiger charge is -2.07. The first-order valence-electron chi connectivity index (χ1n) is 5.42. The van der Waals surface area contributed by atoms with Gasteiger partial charge in [-0.05, 0) is 18.6 Å². The number of hydrogen-bond acceptors (Lipinski definition) is 5. The van der Waals surface area contributed by atoms with E-state index < -0.39 is 0 Å². The smallest absolute Gasteiger partial charge is 0.256 e. The number of methoxy groups -OCH3 is 1. The number of hydrogen-bond donors (Lipinski definition) is 3. The summed E-state index contributed by atoms with van der Waals surface area (Å²) in [6, 6.07) is 3.29. The van der Waals surface area contributed by atoms with E-state index in [1.807, 2.05) is 0 Å². The quantitative estimate of drug-likeness (QED) is 0.222. The van der Waals surface area contributed by atoms with Gasteiger partial charge in [-0.1, -0.05) is 5.16 Å². The summed E-state index contributed by atoms with van der Waals surface area (Å²) in [5.41, 5.74) is 5.68. The Hall–Kier alpha value is -2.31. The molecule has 1 rings (SSSR count). The number of carbonyl (C=O) groups is 1. The molecular weight excluding hydrogens is 236 g/mol. The number of nitrogens with one attached hydrogen (secondary N) is 1. The van der Waals surface area contributed by atoms with Crippen LogP contribution in [0, 0.1) is 0 Å². The molecule has 1 aromatic heterocycles. The summed E-state index contributed by atoms with van der Waals surface area (Å²) in [4.78, 5) is 15.7. The number of pyridine rings is 1. The Kier molecular flexibility index (Phi) is 5.43. The highest BCUT2D eigenvalue weighted by Gasteiger charge is 2.11. The van der Waals surface area contributed by atoms with Gasteiger partial charge in [-0.15, -0.1) is 0 Å². The van der Waals surface area contributed by atoms with Crippen molar-refractivity contribution in [3.8, 4) is 5.88 Å². The molecule has 0 aromatic carbocycles. The molecule has 18 heavy (non-hydrogen) atoms. The Morgan fingerprint density at radius 3 is 3.11 bits per heavy atom. The van der Waals surface area contributed by atoms with E-state index in [1.54, 1.807) is 18.3 Å². The number of ether oxygens (including phenoxy) is 1. The van der Waals surface area contributed by atoms with Crippen molar-refractivity contribution >= 4 is 11.7 Å². The number of rotatable bonds is 6. The van der Waals surface area contributed by atoms with Crippen molar-refractivity contribution in [1.29, 1.82) is 0 Å². The van der Waals surface area contributed by atoms with Gasteiger partial charge in [-0.3, -0.25) is 4.79 Å². The van der Waals surface area contributed by atoms with E-state index in [4.69, 9.17) is 15.7 Å². The van der Waals surface area contributed by atoms with Gasteiger partial charge in [0.1, 0.15) is 11.4 Å². The Labute approximate surface area is 105 Å². The summed E-state index contributed by atoms with van der Waals surface area (Å²) in [6.45, 7) is 0.424. The van der Waals surface area contributed by atoms with E-state index in [1.165, 1.54) is 7.11 Å². The third-order valence-corrected chi connectivity index (χ3v) is 2.23. The number of amides is 1. The van der Waals surface area contributed by atoms with Gasteiger partial charge in [-0.2, -0.15) is 0 Å². The second-order valence-electron chi connectivity index (χ2n) is 3.51. The van der Waals surface area contributed by atoms with Gasteiger partial charge >= 0.3 is 0 Å². The highest BCUT2D eigenvalue weighted by Crippen LogP contribution is 2.12. The van der Waals surface area contributed by atoms with Crippen molar-refractivity contribution in [2.24, 2.45) is 10.9 Å². The summed E-state index contributed by atoms with van der Waals surface area (Å²) in [6.07, 6.45) is 2.55. The van der Waals surface area contributed by atoms with Crippen LogP contribution < -0.4 is 15.8 Å². The molecule has 1 heterocycles. The number of nitrogens with two attached hydrogens (primary N) is 1. The maximum Gasteiger partial charge on any atom is 0.256 e. The third kappa shape index (κ3) is 3.93. The van der Waals surface area contributed by atoms with Gasteiger partial charge in [0, 0.05) is 19.2 Å². The zero-order valence-electron chi connectivity index (χ0n) is 10.1. The molecule has 4 N–H and O–H groups in total. The molecule has 0 saturated heterocycles. The monoisotopic (exact) mass is 252 g/mol. The first-order valence-corrected chi connectivity index (χ1v) is 5.42.